The van der Waals surface area contributed by atoms with Crippen molar-refractivity contribution in [2.75, 3.05) is 23.8 Å². The molecule has 0 fully saturated rings. The average Bonchev–Trinajstić information content (AvgIpc) is 2.99. The first kappa shape index (κ1) is 22.6. The highest BCUT2D eigenvalue weighted by atomic mass is 32.2. The van der Waals surface area contributed by atoms with E-state index in [9.17, 15) is 8.42 Å². The Morgan fingerprint density at radius 1 is 1.09 bits per heavy atom. The van der Waals surface area contributed by atoms with Gasteiger partial charge < -0.3 is 15.4 Å². The van der Waals surface area contributed by atoms with E-state index in [-0.39, 0.29) is 16.0 Å². The monoisotopic (exact) mass is 479 g/mol. The maximum atomic E-state index is 11.9. The van der Waals surface area contributed by atoms with Crippen LogP contribution in [0.25, 0.3) is 11.1 Å². The van der Waals surface area contributed by atoms with Crippen molar-refractivity contribution >= 4 is 21.5 Å². The van der Waals surface area contributed by atoms with Crippen LogP contribution in [-0.2, 0) is 29.4 Å². The van der Waals surface area contributed by atoms with E-state index in [4.69, 9.17) is 15.6 Å². The molecule has 0 unspecified atom stereocenters. The van der Waals surface area contributed by atoms with Crippen LogP contribution in [0.3, 0.4) is 0 Å². The molecule has 34 heavy (non-hydrogen) atoms. The fourth-order valence-electron chi connectivity index (χ4n) is 4.85. The molecule has 4 N–H and O–H groups in total. The summed E-state index contributed by atoms with van der Waals surface area (Å²) < 4.78 is 29.9. The van der Waals surface area contributed by atoms with Crippen LogP contribution >= 0.6 is 0 Å². The molecule has 0 radical (unpaired) electrons. The van der Waals surface area contributed by atoms with Gasteiger partial charge in [-0.15, -0.1) is 0 Å². The van der Waals surface area contributed by atoms with Crippen LogP contribution in [0, 0.1) is 5.41 Å². The van der Waals surface area contributed by atoms with Gasteiger partial charge in [-0.1, -0.05) is 26.0 Å². The Balaban J connectivity index is 1.52. The summed E-state index contributed by atoms with van der Waals surface area (Å²) in [6.45, 7) is 6.48. The van der Waals surface area contributed by atoms with Crippen LogP contribution in [-0.4, -0.2) is 31.5 Å². The van der Waals surface area contributed by atoms with Gasteiger partial charge in [0.2, 0.25) is 10.0 Å². The molecule has 1 aliphatic carbocycles. The van der Waals surface area contributed by atoms with Gasteiger partial charge in [0, 0.05) is 23.4 Å². The largest absolute Gasteiger partial charge is 0.491 e. The van der Waals surface area contributed by atoms with E-state index in [1.165, 1.54) is 11.6 Å². The molecule has 178 valence electrons. The second-order valence-electron chi connectivity index (χ2n) is 9.85. The molecule has 5 rings (SSSR count). The second kappa shape index (κ2) is 8.25. The number of aryl methyl sites for hydroxylation is 1. The molecule has 1 aromatic heterocycles. The van der Waals surface area contributed by atoms with Crippen molar-refractivity contribution in [3.8, 4) is 16.9 Å². The van der Waals surface area contributed by atoms with E-state index in [2.05, 4.69) is 28.7 Å². The fraction of sp³-hybridized carbons (Fsp3) is 0.360. The number of nitrogen functional groups attached to an aromatic ring is 1. The zero-order chi connectivity index (χ0) is 24.1. The number of fused-ring (bicyclic) bond motifs is 2. The SMILES string of the molecule is CC1(C)CCc2ncnc(N3CCOc4ccc(-c5ccc(N)c(S(N)(=O)=O)c5)cc4C3)c2C1. The topological polar surface area (TPSA) is 124 Å². The summed E-state index contributed by atoms with van der Waals surface area (Å²) in [5.74, 6) is 1.79. The van der Waals surface area contributed by atoms with E-state index < -0.39 is 10.0 Å². The van der Waals surface area contributed by atoms with E-state index in [0.29, 0.717) is 19.7 Å². The van der Waals surface area contributed by atoms with Crippen molar-refractivity contribution in [2.24, 2.45) is 10.6 Å². The number of sulfonamides is 1. The third-order valence-corrected chi connectivity index (χ3v) is 7.67. The third kappa shape index (κ3) is 4.33. The number of hydrogen-bond donors (Lipinski definition) is 2. The Morgan fingerprint density at radius 2 is 1.85 bits per heavy atom. The van der Waals surface area contributed by atoms with E-state index in [0.717, 1.165) is 53.2 Å². The molecule has 2 aliphatic rings. The van der Waals surface area contributed by atoms with Crippen molar-refractivity contribution in [3.05, 3.63) is 59.5 Å². The number of anilines is 2. The van der Waals surface area contributed by atoms with Crippen LogP contribution in [0.4, 0.5) is 11.5 Å². The van der Waals surface area contributed by atoms with Crippen LogP contribution in [0.1, 0.15) is 37.1 Å². The summed E-state index contributed by atoms with van der Waals surface area (Å²) in [5, 5.41) is 5.35. The molecular formula is C25H29N5O3S. The summed E-state index contributed by atoms with van der Waals surface area (Å²) in [6, 6.07) is 10.8. The summed E-state index contributed by atoms with van der Waals surface area (Å²) in [7, 11) is -3.92. The van der Waals surface area contributed by atoms with E-state index >= 15 is 0 Å². The molecule has 0 spiro atoms. The van der Waals surface area contributed by atoms with Gasteiger partial charge in [-0.3, -0.25) is 0 Å². The molecule has 3 aromatic rings. The summed E-state index contributed by atoms with van der Waals surface area (Å²) in [5.41, 5.74) is 11.2. The lowest BCUT2D eigenvalue weighted by atomic mass is 9.76. The van der Waals surface area contributed by atoms with Gasteiger partial charge in [0.05, 0.1) is 12.2 Å². The Labute approximate surface area is 200 Å². The maximum Gasteiger partial charge on any atom is 0.240 e. The smallest absolute Gasteiger partial charge is 0.240 e. The molecule has 8 nitrogen and oxygen atoms in total. The Kier molecular flexibility index (Phi) is 5.49. The van der Waals surface area contributed by atoms with Crippen LogP contribution in [0.2, 0.25) is 0 Å². The minimum atomic E-state index is -3.92. The lowest BCUT2D eigenvalue weighted by Crippen LogP contribution is -2.31. The predicted octanol–water partition coefficient (Wildman–Crippen LogP) is 3.29. The number of nitrogens with zero attached hydrogens (tertiary/aromatic N) is 3. The molecule has 0 atom stereocenters. The van der Waals surface area contributed by atoms with Gasteiger partial charge in [-0.05, 0) is 60.1 Å². The van der Waals surface area contributed by atoms with Gasteiger partial charge in [0.25, 0.3) is 0 Å². The number of primary sulfonamides is 1. The van der Waals surface area contributed by atoms with Gasteiger partial charge in [-0.25, -0.2) is 23.5 Å². The first-order chi connectivity index (χ1) is 16.1. The molecule has 2 heterocycles. The summed E-state index contributed by atoms with van der Waals surface area (Å²) in [4.78, 5) is 11.4. The molecule has 0 saturated heterocycles. The van der Waals surface area contributed by atoms with Crippen molar-refractivity contribution < 1.29 is 13.2 Å². The molecule has 9 heteroatoms. The predicted molar refractivity (Wildman–Crippen MR) is 132 cm³/mol. The van der Waals surface area contributed by atoms with Gasteiger partial charge >= 0.3 is 0 Å². The van der Waals surface area contributed by atoms with Crippen molar-refractivity contribution in [1.29, 1.82) is 0 Å². The van der Waals surface area contributed by atoms with Crippen molar-refractivity contribution in [1.82, 2.24) is 9.97 Å². The Hall–Kier alpha value is -3.17. The van der Waals surface area contributed by atoms with Gasteiger partial charge in [0.1, 0.15) is 29.4 Å². The van der Waals surface area contributed by atoms with E-state index in [1.807, 2.05) is 18.2 Å². The first-order valence-electron chi connectivity index (χ1n) is 11.4. The van der Waals surface area contributed by atoms with Gasteiger partial charge in [-0.2, -0.15) is 0 Å². The number of aromatic nitrogens is 2. The number of rotatable bonds is 3. The second-order valence-corrected chi connectivity index (χ2v) is 11.4. The highest BCUT2D eigenvalue weighted by Gasteiger charge is 2.30. The van der Waals surface area contributed by atoms with Gasteiger partial charge in [0.15, 0.2) is 0 Å². The van der Waals surface area contributed by atoms with Crippen LogP contribution in [0.5, 0.6) is 5.75 Å². The highest BCUT2D eigenvalue weighted by molar-refractivity contribution is 7.89. The highest BCUT2D eigenvalue weighted by Crippen LogP contribution is 2.39. The third-order valence-electron chi connectivity index (χ3n) is 6.70. The summed E-state index contributed by atoms with van der Waals surface area (Å²) >= 11 is 0. The zero-order valence-corrected chi connectivity index (χ0v) is 20.2. The normalized spacial score (nSPS) is 17.3. The zero-order valence-electron chi connectivity index (χ0n) is 19.4. The molecule has 0 saturated carbocycles. The first-order valence-corrected chi connectivity index (χ1v) is 12.9. The van der Waals surface area contributed by atoms with Crippen molar-refractivity contribution in [2.45, 2.75) is 44.6 Å². The molecule has 0 amide bonds. The average molecular weight is 480 g/mol. The molecule has 2 aromatic carbocycles. The molecule has 1 aliphatic heterocycles. The maximum absolute atomic E-state index is 11.9. The Bertz CT molecular complexity index is 1370. The quantitative estimate of drug-likeness (QED) is 0.552. The van der Waals surface area contributed by atoms with Crippen molar-refractivity contribution in [3.63, 3.8) is 0 Å². The minimum Gasteiger partial charge on any atom is -0.491 e. The van der Waals surface area contributed by atoms with Crippen LogP contribution in [0.15, 0.2) is 47.6 Å². The Morgan fingerprint density at radius 3 is 2.65 bits per heavy atom. The molecular weight excluding hydrogens is 450 g/mol. The minimum absolute atomic E-state index is 0.0759. The number of benzene rings is 2. The fourth-order valence-corrected chi connectivity index (χ4v) is 5.53. The van der Waals surface area contributed by atoms with E-state index in [1.54, 1.807) is 18.5 Å². The standard InChI is InChI=1S/C25H29N5O3S/c1-25(2)8-7-21-19(13-25)24(29-15-28-21)30-9-10-33-22-6-4-16(11-18(22)14-30)17-3-5-20(26)23(12-17)34(27,31)32/h3-6,11-12,15H,7-10,13-14,26H2,1-2H3,(H2,27,31,32). The summed E-state index contributed by atoms with van der Waals surface area (Å²) in [6.07, 6.45) is 4.70. The number of hydrogen-bond acceptors (Lipinski definition) is 7. The lowest BCUT2D eigenvalue weighted by molar-refractivity contribution is 0.310. The molecule has 0 bridgehead atoms. The number of ether oxygens (including phenoxy) is 1. The number of nitrogens with two attached hydrogens (primary N) is 2. The van der Waals surface area contributed by atoms with Crippen LogP contribution < -0.4 is 20.5 Å². The lowest BCUT2D eigenvalue weighted by Gasteiger charge is -2.33.